The van der Waals surface area contributed by atoms with Crippen LogP contribution in [-0.2, 0) is 13.0 Å². The third kappa shape index (κ3) is 4.05. The molecule has 3 heterocycles. The molecule has 1 aliphatic rings. The van der Waals surface area contributed by atoms with Gasteiger partial charge in [0.25, 0.3) is 0 Å². The van der Waals surface area contributed by atoms with Crippen molar-refractivity contribution in [2.75, 3.05) is 26.2 Å². The lowest BCUT2D eigenvalue weighted by Gasteiger charge is -2.31. The Balaban J connectivity index is 1.61. The van der Waals surface area contributed by atoms with E-state index < -0.39 is 0 Å². The number of imidazole rings is 1. The number of hydrogen-bond acceptors (Lipinski definition) is 4. The number of hydrogen-bond donors (Lipinski definition) is 1. The highest BCUT2D eigenvalue weighted by molar-refractivity contribution is 5.76. The Bertz CT molecular complexity index is 884. The predicted molar refractivity (Wildman–Crippen MR) is 111 cm³/mol. The van der Waals surface area contributed by atoms with Gasteiger partial charge in [0.1, 0.15) is 11.5 Å². The lowest BCUT2D eigenvalue weighted by Crippen LogP contribution is -2.38. The number of aliphatic hydroxyl groups excluding tert-OH is 1. The van der Waals surface area contributed by atoms with E-state index in [1.807, 2.05) is 24.5 Å². The highest BCUT2D eigenvalue weighted by Gasteiger charge is 2.21. The Morgan fingerprint density at radius 3 is 2.75 bits per heavy atom. The Kier molecular flexibility index (Phi) is 5.93. The summed E-state index contributed by atoms with van der Waals surface area (Å²) < 4.78 is 8.31. The summed E-state index contributed by atoms with van der Waals surface area (Å²) in [6, 6.07) is 14.4. The third-order valence-electron chi connectivity index (χ3n) is 5.65. The van der Waals surface area contributed by atoms with Crippen LogP contribution in [0.25, 0.3) is 22.7 Å². The highest BCUT2D eigenvalue weighted by atomic mass is 16.3. The van der Waals surface area contributed by atoms with Crippen molar-refractivity contribution in [1.29, 1.82) is 0 Å². The van der Waals surface area contributed by atoms with Crippen LogP contribution < -0.4 is 0 Å². The molecule has 0 saturated carbocycles. The van der Waals surface area contributed by atoms with Crippen molar-refractivity contribution < 1.29 is 9.52 Å². The van der Waals surface area contributed by atoms with Gasteiger partial charge in [0, 0.05) is 38.2 Å². The molecule has 5 heteroatoms. The molecule has 1 atom stereocenters. The van der Waals surface area contributed by atoms with Gasteiger partial charge >= 0.3 is 0 Å². The second kappa shape index (κ2) is 8.76. The molecule has 0 amide bonds. The highest BCUT2D eigenvalue weighted by Crippen LogP contribution is 2.32. The second-order valence-electron chi connectivity index (χ2n) is 7.61. The zero-order valence-electron chi connectivity index (χ0n) is 16.6. The summed E-state index contributed by atoms with van der Waals surface area (Å²) in [5, 5.41) is 9.49. The zero-order valence-corrected chi connectivity index (χ0v) is 16.6. The minimum atomic E-state index is 0.289. The fraction of sp³-hybridized carbons (Fsp3) is 0.435. The molecule has 1 N–H and O–H groups in total. The van der Waals surface area contributed by atoms with E-state index in [0.717, 1.165) is 73.9 Å². The molecule has 0 bridgehead atoms. The summed E-state index contributed by atoms with van der Waals surface area (Å²) in [6.07, 6.45) is 5.10. The van der Waals surface area contributed by atoms with Gasteiger partial charge in [-0.25, -0.2) is 4.98 Å². The molecule has 5 nitrogen and oxygen atoms in total. The van der Waals surface area contributed by atoms with Crippen molar-refractivity contribution in [1.82, 2.24) is 14.5 Å². The Hall–Kier alpha value is -2.37. The SMILES string of the molecule is CCc1ccc(-c2c(-c3ccccc3)ncn2CCN2CCC[C@H](CO)C2)o1. The first-order valence-corrected chi connectivity index (χ1v) is 10.3. The van der Waals surface area contributed by atoms with Gasteiger partial charge in [-0.3, -0.25) is 0 Å². The number of aromatic nitrogens is 2. The third-order valence-corrected chi connectivity index (χ3v) is 5.65. The van der Waals surface area contributed by atoms with Crippen molar-refractivity contribution in [3.63, 3.8) is 0 Å². The maximum atomic E-state index is 9.49. The lowest BCUT2D eigenvalue weighted by molar-refractivity contribution is 0.118. The molecule has 0 radical (unpaired) electrons. The van der Waals surface area contributed by atoms with E-state index in [1.165, 1.54) is 0 Å². The van der Waals surface area contributed by atoms with Crippen molar-refractivity contribution in [3.8, 4) is 22.7 Å². The first kappa shape index (κ1) is 19.0. The second-order valence-corrected chi connectivity index (χ2v) is 7.61. The van der Waals surface area contributed by atoms with Crippen LogP contribution in [0.5, 0.6) is 0 Å². The van der Waals surface area contributed by atoms with Crippen LogP contribution in [0.2, 0.25) is 0 Å². The van der Waals surface area contributed by atoms with Crippen molar-refractivity contribution in [3.05, 3.63) is 54.6 Å². The molecule has 28 heavy (non-hydrogen) atoms. The molecule has 3 aromatic rings. The van der Waals surface area contributed by atoms with E-state index in [2.05, 4.69) is 40.7 Å². The predicted octanol–water partition coefficient (Wildman–Crippen LogP) is 4.08. The van der Waals surface area contributed by atoms with Crippen LogP contribution >= 0.6 is 0 Å². The summed E-state index contributed by atoms with van der Waals surface area (Å²) in [5.41, 5.74) is 3.11. The number of benzene rings is 1. The standard InChI is InChI=1S/C23H29N3O2/c1-2-20-10-11-21(28-20)23-22(19-8-4-3-5-9-19)24-17-26(23)14-13-25-12-6-7-18(15-25)16-27/h3-5,8-11,17-18,27H,2,6-7,12-16H2,1H3/t18-/m0/s1. The number of nitrogens with zero attached hydrogens (tertiary/aromatic N) is 3. The average molecular weight is 380 g/mol. The molecule has 1 aromatic carbocycles. The first-order valence-electron chi connectivity index (χ1n) is 10.3. The lowest BCUT2D eigenvalue weighted by atomic mass is 9.99. The topological polar surface area (TPSA) is 54.4 Å². The molecule has 0 unspecified atom stereocenters. The first-order chi connectivity index (χ1) is 13.8. The number of aryl methyl sites for hydroxylation is 1. The Morgan fingerprint density at radius 1 is 1.14 bits per heavy atom. The summed E-state index contributed by atoms with van der Waals surface area (Å²) in [7, 11) is 0. The summed E-state index contributed by atoms with van der Waals surface area (Å²) in [6.45, 7) is 6.29. The fourth-order valence-electron chi connectivity index (χ4n) is 4.07. The zero-order chi connectivity index (χ0) is 19.3. The number of furan rings is 1. The van der Waals surface area contributed by atoms with E-state index in [1.54, 1.807) is 0 Å². The molecule has 0 aliphatic carbocycles. The van der Waals surface area contributed by atoms with Gasteiger partial charge in [0.05, 0.1) is 12.0 Å². The fourth-order valence-corrected chi connectivity index (χ4v) is 4.07. The Labute approximate surface area is 166 Å². The number of aliphatic hydroxyl groups is 1. The van der Waals surface area contributed by atoms with Crippen LogP contribution in [0.15, 0.2) is 53.2 Å². The van der Waals surface area contributed by atoms with E-state index >= 15 is 0 Å². The molecule has 2 aromatic heterocycles. The molecular weight excluding hydrogens is 350 g/mol. The summed E-state index contributed by atoms with van der Waals surface area (Å²) >= 11 is 0. The smallest absolute Gasteiger partial charge is 0.152 e. The number of likely N-dealkylation sites (tertiary alicyclic amines) is 1. The van der Waals surface area contributed by atoms with Gasteiger partial charge < -0.3 is 19.0 Å². The maximum absolute atomic E-state index is 9.49. The Morgan fingerprint density at radius 2 is 2.00 bits per heavy atom. The van der Waals surface area contributed by atoms with Crippen LogP contribution in [0.3, 0.4) is 0 Å². The van der Waals surface area contributed by atoms with E-state index in [0.29, 0.717) is 5.92 Å². The van der Waals surface area contributed by atoms with Gasteiger partial charge in [-0.2, -0.15) is 0 Å². The van der Waals surface area contributed by atoms with Crippen LogP contribution in [0.1, 0.15) is 25.5 Å². The van der Waals surface area contributed by atoms with Gasteiger partial charge in [0.2, 0.25) is 0 Å². The molecule has 1 saturated heterocycles. The van der Waals surface area contributed by atoms with Crippen molar-refractivity contribution in [2.45, 2.75) is 32.7 Å². The average Bonchev–Trinajstić information content (AvgIpc) is 3.39. The van der Waals surface area contributed by atoms with Gasteiger partial charge in [-0.15, -0.1) is 0 Å². The normalized spacial score (nSPS) is 17.9. The minimum absolute atomic E-state index is 0.289. The monoisotopic (exact) mass is 379 g/mol. The van der Waals surface area contributed by atoms with Gasteiger partial charge in [0.15, 0.2) is 5.76 Å². The minimum Gasteiger partial charge on any atom is -0.459 e. The van der Waals surface area contributed by atoms with Gasteiger partial charge in [-0.1, -0.05) is 37.3 Å². The molecular formula is C23H29N3O2. The molecule has 1 aliphatic heterocycles. The summed E-state index contributed by atoms with van der Waals surface area (Å²) in [4.78, 5) is 7.19. The van der Waals surface area contributed by atoms with E-state index in [9.17, 15) is 5.11 Å². The molecule has 1 fully saturated rings. The van der Waals surface area contributed by atoms with Crippen molar-refractivity contribution in [2.24, 2.45) is 5.92 Å². The van der Waals surface area contributed by atoms with E-state index in [-0.39, 0.29) is 6.61 Å². The maximum Gasteiger partial charge on any atom is 0.152 e. The van der Waals surface area contributed by atoms with Crippen LogP contribution in [-0.4, -0.2) is 45.8 Å². The van der Waals surface area contributed by atoms with Crippen LogP contribution in [0.4, 0.5) is 0 Å². The van der Waals surface area contributed by atoms with E-state index in [4.69, 9.17) is 9.40 Å². The largest absolute Gasteiger partial charge is 0.459 e. The number of rotatable bonds is 7. The van der Waals surface area contributed by atoms with Crippen LogP contribution in [0, 0.1) is 5.92 Å². The summed E-state index contributed by atoms with van der Waals surface area (Å²) in [5.74, 6) is 2.27. The quantitative estimate of drug-likeness (QED) is 0.672. The molecule has 4 rings (SSSR count). The molecule has 148 valence electrons. The van der Waals surface area contributed by atoms with Gasteiger partial charge in [-0.05, 0) is 37.4 Å². The van der Waals surface area contributed by atoms with Crippen molar-refractivity contribution >= 4 is 0 Å². The molecule has 0 spiro atoms. The number of piperidine rings is 1.